The van der Waals surface area contributed by atoms with E-state index in [9.17, 15) is 0 Å². The number of rotatable bonds is 2. The second kappa shape index (κ2) is 6.74. The van der Waals surface area contributed by atoms with Crippen LogP contribution in [0.4, 0.5) is 0 Å². The van der Waals surface area contributed by atoms with Gasteiger partial charge in [0, 0.05) is 0 Å². The van der Waals surface area contributed by atoms with Crippen LogP contribution in [0.15, 0.2) is 42.5 Å². The minimum absolute atomic E-state index is 0. The molecular weight excluding hydrogens is 268 g/mol. The predicted molar refractivity (Wildman–Crippen MR) is 85.2 cm³/mol. The third-order valence-electron chi connectivity index (χ3n) is 4.15. The molecule has 104 valence electrons. The highest BCUT2D eigenvalue weighted by atomic mass is 35.5. The molecule has 20 heavy (non-hydrogen) atoms. The summed E-state index contributed by atoms with van der Waals surface area (Å²) in [6.45, 7) is 2.66. The van der Waals surface area contributed by atoms with Crippen LogP contribution >= 0.6 is 12.4 Å². The first kappa shape index (κ1) is 14.8. The fourth-order valence-corrected chi connectivity index (χ4v) is 3.11. The zero-order chi connectivity index (χ0) is 13.1. The molecular formula is C17H19ClN2. The molecule has 3 rings (SSSR count). The van der Waals surface area contributed by atoms with Gasteiger partial charge in [0.05, 0.1) is 12.6 Å². The molecule has 2 aromatic rings. The van der Waals surface area contributed by atoms with E-state index in [2.05, 4.69) is 53.4 Å². The van der Waals surface area contributed by atoms with E-state index in [0.717, 1.165) is 25.9 Å². The standard InChI is InChI=1S/C17H18N2.ClH/c18-10-13-19-11-8-15(9-12-19)17-7-3-5-14-4-1-2-6-16(14)17;/h1-7,15H,8-9,11-13H2;1H. The van der Waals surface area contributed by atoms with E-state index in [1.807, 2.05) is 0 Å². The van der Waals surface area contributed by atoms with Gasteiger partial charge in [-0.3, -0.25) is 4.90 Å². The second-order valence-electron chi connectivity index (χ2n) is 5.28. The molecule has 1 fully saturated rings. The second-order valence-corrected chi connectivity index (χ2v) is 5.28. The molecule has 0 N–H and O–H groups in total. The lowest BCUT2D eigenvalue weighted by Gasteiger charge is -2.31. The van der Waals surface area contributed by atoms with Crippen LogP contribution in [-0.2, 0) is 0 Å². The average Bonchev–Trinajstić information content (AvgIpc) is 2.48. The minimum atomic E-state index is 0. The lowest BCUT2D eigenvalue weighted by molar-refractivity contribution is 0.235. The van der Waals surface area contributed by atoms with Crippen molar-refractivity contribution < 1.29 is 0 Å². The highest BCUT2D eigenvalue weighted by Crippen LogP contribution is 2.32. The summed E-state index contributed by atoms with van der Waals surface area (Å²) in [4.78, 5) is 2.25. The van der Waals surface area contributed by atoms with E-state index < -0.39 is 0 Å². The largest absolute Gasteiger partial charge is 0.291 e. The van der Waals surface area contributed by atoms with Crippen molar-refractivity contribution in [3.8, 4) is 6.07 Å². The normalized spacial score (nSPS) is 16.6. The maximum absolute atomic E-state index is 8.75. The molecule has 0 aromatic heterocycles. The van der Waals surface area contributed by atoms with Crippen LogP contribution in [0.3, 0.4) is 0 Å². The molecule has 2 aromatic carbocycles. The quantitative estimate of drug-likeness (QED) is 0.781. The summed E-state index contributed by atoms with van der Waals surface area (Å²) in [6, 6.07) is 17.5. The van der Waals surface area contributed by atoms with Gasteiger partial charge in [-0.15, -0.1) is 12.4 Å². The maximum Gasteiger partial charge on any atom is 0.0865 e. The topological polar surface area (TPSA) is 27.0 Å². The van der Waals surface area contributed by atoms with Crippen LogP contribution in [0.5, 0.6) is 0 Å². The van der Waals surface area contributed by atoms with Crippen LogP contribution in [0.1, 0.15) is 24.3 Å². The van der Waals surface area contributed by atoms with Crippen LogP contribution in [0.25, 0.3) is 10.8 Å². The Bertz CT molecular complexity index is 604. The Morgan fingerprint density at radius 3 is 2.50 bits per heavy atom. The third-order valence-corrected chi connectivity index (χ3v) is 4.15. The van der Waals surface area contributed by atoms with Gasteiger partial charge in [-0.25, -0.2) is 0 Å². The summed E-state index contributed by atoms with van der Waals surface area (Å²) in [5.74, 6) is 0.640. The van der Waals surface area contributed by atoms with Crippen LogP contribution in [0, 0.1) is 11.3 Å². The van der Waals surface area contributed by atoms with E-state index in [4.69, 9.17) is 5.26 Å². The predicted octanol–water partition coefficient (Wildman–Crippen LogP) is 3.96. The zero-order valence-corrected chi connectivity index (χ0v) is 12.3. The summed E-state index contributed by atoms with van der Waals surface area (Å²) in [5.41, 5.74) is 1.48. The van der Waals surface area contributed by atoms with Crippen LogP contribution < -0.4 is 0 Å². The Kier molecular flexibility index (Phi) is 5.00. The maximum atomic E-state index is 8.75. The molecule has 1 aliphatic rings. The molecule has 0 atom stereocenters. The molecule has 0 bridgehead atoms. The van der Waals surface area contributed by atoms with E-state index in [0.29, 0.717) is 12.5 Å². The number of halogens is 1. The lowest BCUT2D eigenvalue weighted by Crippen LogP contribution is -2.33. The van der Waals surface area contributed by atoms with Gasteiger partial charge < -0.3 is 0 Å². The number of hydrogen-bond acceptors (Lipinski definition) is 2. The van der Waals surface area contributed by atoms with E-state index >= 15 is 0 Å². The highest BCUT2D eigenvalue weighted by molar-refractivity contribution is 5.86. The molecule has 0 spiro atoms. The SMILES string of the molecule is Cl.N#CCN1CCC(c2cccc3ccccc23)CC1. The van der Waals surface area contributed by atoms with E-state index in [1.165, 1.54) is 16.3 Å². The van der Waals surface area contributed by atoms with Crippen molar-refractivity contribution in [3.05, 3.63) is 48.0 Å². The van der Waals surface area contributed by atoms with E-state index in [1.54, 1.807) is 0 Å². The lowest BCUT2D eigenvalue weighted by atomic mass is 9.86. The first-order valence-corrected chi connectivity index (χ1v) is 6.95. The molecule has 0 aliphatic carbocycles. The number of nitriles is 1. The van der Waals surface area contributed by atoms with Gasteiger partial charge in [0.2, 0.25) is 0 Å². The Balaban J connectivity index is 0.00000147. The van der Waals surface area contributed by atoms with Gasteiger partial charge in [0.1, 0.15) is 0 Å². The molecule has 1 saturated heterocycles. The molecule has 2 nitrogen and oxygen atoms in total. The molecule has 3 heteroatoms. The van der Waals surface area contributed by atoms with Crippen molar-refractivity contribution in [1.82, 2.24) is 4.90 Å². The van der Waals surface area contributed by atoms with Crippen molar-refractivity contribution >= 4 is 23.2 Å². The fraction of sp³-hybridized carbons (Fsp3) is 0.353. The number of likely N-dealkylation sites (tertiary alicyclic amines) is 1. The van der Waals surface area contributed by atoms with Gasteiger partial charge >= 0.3 is 0 Å². The monoisotopic (exact) mass is 286 g/mol. The van der Waals surface area contributed by atoms with Crippen molar-refractivity contribution in [3.63, 3.8) is 0 Å². The summed E-state index contributed by atoms with van der Waals surface area (Å²) >= 11 is 0. The van der Waals surface area contributed by atoms with Crippen molar-refractivity contribution in [1.29, 1.82) is 5.26 Å². The minimum Gasteiger partial charge on any atom is -0.291 e. The summed E-state index contributed by atoms with van der Waals surface area (Å²) in [6.07, 6.45) is 2.32. The smallest absolute Gasteiger partial charge is 0.0865 e. The Morgan fingerprint density at radius 1 is 1.05 bits per heavy atom. The number of nitrogens with zero attached hydrogens (tertiary/aromatic N) is 2. The fourth-order valence-electron chi connectivity index (χ4n) is 3.11. The Morgan fingerprint density at radius 2 is 1.75 bits per heavy atom. The Hall–Kier alpha value is -1.56. The number of hydrogen-bond donors (Lipinski definition) is 0. The van der Waals surface area contributed by atoms with Crippen LogP contribution in [-0.4, -0.2) is 24.5 Å². The van der Waals surface area contributed by atoms with Gasteiger partial charge in [-0.2, -0.15) is 5.26 Å². The molecule has 0 saturated carbocycles. The first-order chi connectivity index (χ1) is 9.38. The molecule has 1 aliphatic heterocycles. The average molecular weight is 287 g/mol. The van der Waals surface area contributed by atoms with Crippen molar-refractivity contribution in [2.24, 2.45) is 0 Å². The summed E-state index contributed by atoms with van der Waals surface area (Å²) in [5, 5.41) is 11.5. The van der Waals surface area contributed by atoms with Gasteiger partial charge in [-0.1, -0.05) is 42.5 Å². The number of fused-ring (bicyclic) bond motifs is 1. The Labute approximate surface area is 126 Å². The molecule has 0 unspecified atom stereocenters. The van der Waals surface area contributed by atoms with Gasteiger partial charge in [0.25, 0.3) is 0 Å². The third kappa shape index (κ3) is 2.95. The van der Waals surface area contributed by atoms with Crippen molar-refractivity contribution in [2.45, 2.75) is 18.8 Å². The highest BCUT2D eigenvalue weighted by Gasteiger charge is 2.21. The van der Waals surface area contributed by atoms with E-state index in [-0.39, 0.29) is 12.4 Å². The molecule has 0 amide bonds. The van der Waals surface area contributed by atoms with Gasteiger partial charge in [0.15, 0.2) is 0 Å². The number of piperidine rings is 1. The van der Waals surface area contributed by atoms with Crippen LogP contribution in [0.2, 0.25) is 0 Å². The summed E-state index contributed by atoms with van der Waals surface area (Å²) in [7, 11) is 0. The van der Waals surface area contributed by atoms with Gasteiger partial charge in [-0.05, 0) is 48.2 Å². The first-order valence-electron chi connectivity index (χ1n) is 6.95. The van der Waals surface area contributed by atoms with Crippen molar-refractivity contribution in [2.75, 3.05) is 19.6 Å². The molecule has 1 heterocycles. The zero-order valence-electron chi connectivity index (χ0n) is 11.5. The summed E-state index contributed by atoms with van der Waals surface area (Å²) < 4.78 is 0. The number of benzene rings is 2. The molecule has 0 radical (unpaired) electrons.